The first-order chi connectivity index (χ1) is 16.7. The number of rotatable bonds is 10. The summed E-state index contributed by atoms with van der Waals surface area (Å²) in [5, 5.41) is 1.08. The molecule has 2 aromatic carbocycles. The first-order valence-corrected chi connectivity index (χ1v) is 11.6. The maximum absolute atomic E-state index is 13.3. The molecule has 0 unspecified atom stereocenters. The average Bonchev–Trinajstić information content (AvgIpc) is 2.84. The van der Waals surface area contributed by atoms with Gasteiger partial charge in [-0.25, -0.2) is 4.98 Å². The van der Waals surface area contributed by atoms with Gasteiger partial charge in [-0.3, -0.25) is 4.79 Å². The monoisotopic (exact) mass is 476 g/mol. The van der Waals surface area contributed by atoms with Crippen LogP contribution in [0.2, 0.25) is 0 Å². The molecule has 186 valence electrons. The van der Waals surface area contributed by atoms with Crippen LogP contribution in [-0.2, 0) is 11.3 Å². The summed E-state index contributed by atoms with van der Waals surface area (Å²) < 4.78 is 10.7. The van der Waals surface area contributed by atoms with Gasteiger partial charge in [0, 0.05) is 50.8 Å². The van der Waals surface area contributed by atoms with E-state index in [-0.39, 0.29) is 5.91 Å². The van der Waals surface area contributed by atoms with E-state index in [1.165, 1.54) is 0 Å². The molecule has 3 aromatic rings. The predicted octanol–water partition coefficient (Wildman–Crippen LogP) is 4.23. The minimum absolute atomic E-state index is 0.0596. The van der Waals surface area contributed by atoms with Crippen LogP contribution in [-0.4, -0.2) is 76.2 Å². The zero-order chi connectivity index (χ0) is 25.5. The van der Waals surface area contributed by atoms with Gasteiger partial charge in [0.05, 0.1) is 19.7 Å². The van der Waals surface area contributed by atoms with Crippen molar-refractivity contribution in [2.24, 2.45) is 0 Å². The Labute approximate surface area is 208 Å². The molecule has 1 heterocycles. The lowest BCUT2D eigenvalue weighted by atomic mass is 10.1. The van der Waals surface area contributed by atoms with E-state index in [1.807, 2.05) is 68.3 Å². The molecule has 7 heteroatoms. The minimum Gasteiger partial charge on any atom is -0.493 e. The van der Waals surface area contributed by atoms with E-state index >= 15 is 0 Å². The van der Waals surface area contributed by atoms with Crippen molar-refractivity contribution in [3.63, 3.8) is 0 Å². The number of aromatic nitrogens is 1. The Morgan fingerprint density at radius 2 is 1.71 bits per heavy atom. The lowest BCUT2D eigenvalue weighted by molar-refractivity contribution is -0.126. The Hall–Kier alpha value is -3.58. The second-order valence-electron chi connectivity index (χ2n) is 9.02. The zero-order valence-electron chi connectivity index (χ0n) is 21.8. The van der Waals surface area contributed by atoms with Crippen molar-refractivity contribution in [3.8, 4) is 11.5 Å². The smallest absolute Gasteiger partial charge is 0.246 e. The molecule has 7 nitrogen and oxygen atoms in total. The predicted molar refractivity (Wildman–Crippen MR) is 143 cm³/mol. The summed E-state index contributed by atoms with van der Waals surface area (Å²) in [6.45, 7) is 3.89. The number of hydrogen-bond donors (Lipinski definition) is 0. The van der Waals surface area contributed by atoms with Crippen LogP contribution >= 0.6 is 0 Å². The highest BCUT2D eigenvalue weighted by molar-refractivity contribution is 5.92. The van der Waals surface area contributed by atoms with Gasteiger partial charge in [-0.15, -0.1) is 0 Å². The Kier molecular flexibility index (Phi) is 8.71. The van der Waals surface area contributed by atoms with E-state index in [0.717, 1.165) is 40.0 Å². The van der Waals surface area contributed by atoms with E-state index < -0.39 is 0 Å². The molecule has 0 atom stereocenters. The average molecular weight is 477 g/mol. The molecule has 0 aliphatic heterocycles. The number of benzene rings is 2. The van der Waals surface area contributed by atoms with Gasteiger partial charge in [-0.05, 0) is 56.4 Å². The summed E-state index contributed by atoms with van der Waals surface area (Å²) in [5.41, 5.74) is 4.00. The van der Waals surface area contributed by atoms with Crippen LogP contribution in [0.15, 0.2) is 48.5 Å². The molecule has 0 N–H and O–H groups in total. The zero-order valence-corrected chi connectivity index (χ0v) is 21.8. The fraction of sp³-hybridized carbons (Fsp3) is 0.357. The molecule has 0 fully saturated rings. The van der Waals surface area contributed by atoms with Gasteiger partial charge in [-0.2, -0.15) is 0 Å². The molecule has 0 aliphatic carbocycles. The lowest BCUT2D eigenvalue weighted by Crippen LogP contribution is -2.35. The van der Waals surface area contributed by atoms with Gasteiger partial charge in [0.2, 0.25) is 5.91 Å². The number of carbonyl (C=O) groups is 1. The van der Waals surface area contributed by atoms with Gasteiger partial charge in [0.15, 0.2) is 11.5 Å². The highest BCUT2D eigenvalue weighted by Crippen LogP contribution is 2.28. The Bertz CT molecular complexity index is 1200. The van der Waals surface area contributed by atoms with Crippen LogP contribution in [0.4, 0.5) is 5.82 Å². The van der Waals surface area contributed by atoms with Gasteiger partial charge in [-0.1, -0.05) is 24.3 Å². The third-order valence-corrected chi connectivity index (χ3v) is 5.84. The highest BCUT2D eigenvalue weighted by Gasteiger charge is 2.17. The summed E-state index contributed by atoms with van der Waals surface area (Å²) in [7, 11) is 11.2. The van der Waals surface area contributed by atoms with E-state index in [1.54, 1.807) is 20.3 Å². The number of pyridine rings is 1. The fourth-order valence-corrected chi connectivity index (χ4v) is 3.91. The maximum Gasteiger partial charge on any atom is 0.246 e. The summed E-state index contributed by atoms with van der Waals surface area (Å²) >= 11 is 0. The third-order valence-electron chi connectivity index (χ3n) is 5.84. The van der Waals surface area contributed by atoms with Crippen molar-refractivity contribution in [1.82, 2.24) is 14.8 Å². The van der Waals surface area contributed by atoms with Crippen molar-refractivity contribution in [2.45, 2.75) is 13.5 Å². The normalized spacial score (nSPS) is 11.3. The van der Waals surface area contributed by atoms with Crippen LogP contribution in [0.1, 0.15) is 16.7 Å². The van der Waals surface area contributed by atoms with Crippen molar-refractivity contribution in [1.29, 1.82) is 0 Å². The second kappa shape index (κ2) is 11.7. The van der Waals surface area contributed by atoms with Crippen molar-refractivity contribution < 1.29 is 14.3 Å². The van der Waals surface area contributed by atoms with Crippen LogP contribution < -0.4 is 14.4 Å². The number of ether oxygens (including phenoxy) is 2. The molecule has 0 saturated heterocycles. The van der Waals surface area contributed by atoms with E-state index in [9.17, 15) is 4.79 Å². The van der Waals surface area contributed by atoms with Gasteiger partial charge < -0.3 is 24.2 Å². The quantitative estimate of drug-likeness (QED) is 0.408. The number of aryl methyl sites for hydroxylation is 1. The molecule has 0 bridgehead atoms. The number of amides is 1. The lowest BCUT2D eigenvalue weighted by Gasteiger charge is -2.26. The molecule has 35 heavy (non-hydrogen) atoms. The Morgan fingerprint density at radius 3 is 2.37 bits per heavy atom. The van der Waals surface area contributed by atoms with Gasteiger partial charge >= 0.3 is 0 Å². The first-order valence-electron chi connectivity index (χ1n) is 11.6. The topological polar surface area (TPSA) is 58.1 Å². The molecule has 1 amide bonds. The van der Waals surface area contributed by atoms with Gasteiger partial charge in [0.1, 0.15) is 5.82 Å². The minimum atomic E-state index is -0.0596. The summed E-state index contributed by atoms with van der Waals surface area (Å²) in [5.74, 6) is 2.09. The van der Waals surface area contributed by atoms with Crippen molar-refractivity contribution in [2.75, 3.05) is 60.4 Å². The van der Waals surface area contributed by atoms with E-state index in [2.05, 4.69) is 30.0 Å². The van der Waals surface area contributed by atoms with Crippen molar-refractivity contribution >= 4 is 28.7 Å². The van der Waals surface area contributed by atoms with E-state index in [0.29, 0.717) is 24.6 Å². The summed E-state index contributed by atoms with van der Waals surface area (Å²) in [6, 6.07) is 13.9. The molecule has 0 saturated carbocycles. The van der Waals surface area contributed by atoms with Crippen LogP contribution in [0, 0.1) is 6.92 Å². The number of likely N-dealkylation sites (N-methyl/N-ethyl adjacent to an activating group) is 1. The molecule has 0 spiro atoms. The van der Waals surface area contributed by atoms with Gasteiger partial charge in [0.25, 0.3) is 0 Å². The Morgan fingerprint density at radius 1 is 0.971 bits per heavy atom. The molecular weight excluding hydrogens is 440 g/mol. The standard InChI is InChI=1S/C28H36N4O3/c1-20-9-8-10-22-18-23(28(31(4)5)29-27(20)22)19-32(16-15-30(2)3)26(33)14-12-21-11-13-24(34-6)25(17-21)35-7/h8-14,17-18H,15-16,19H2,1-7H3/b14-12+. The number of carbonyl (C=O) groups excluding carboxylic acids is 1. The van der Waals surface area contributed by atoms with Crippen LogP contribution in [0.5, 0.6) is 11.5 Å². The number of hydrogen-bond acceptors (Lipinski definition) is 6. The first kappa shape index (κ1) is 26.0. The SMILES string of the molecule is COc1ccc(/C=C/C(=O)N(CCN(C)C)Cc2cc3cccc(C)c3nc2N(C)C)cc1OC. The molecule has 3 rings (SSSR count). The van der Waals surface area contributed by atoms with Crippen LogP contribution in [0.3, 0.4) is 0 Å². The van der Waals surface area contributed by atoms with Crippen LogP contribution in [0.25, 0.3) is 17.0 Å². The number of fused-ring (bicyclic) bond motifs is 1. The molecule has 0 radical (unpaired) electrons. The third kappa shape index (κ3) is 6.51. The molecular formula is C28H36N4O3. The van der Waals surface area contributed by atoms with Crippen molar-refractivity contribution in [3.05, 3.63) is 65.2 Å². The fourth-order valence-electron chi connectivity index (χ4n) is 3.91. The highest BCUT2D eigenvalue weighted by atomic mass is 16.5. The maximum atomic E-state index is 13.3. The number of para-hydroxylation sites is 1. The summed E-state index contributed by atoms with van der Waals surface area (Å²) in [6.07, 6.45) is 3.42. The number of anilines is 1. The molecule has 0 aliphatic rings. The van der Waals surface area contributed by atoms with E-state index in [4.69, 9.17) is 14.5 Å². The molecule has 1 aromatic heterocycles. The number of nitrogens with zero attached hydrogens (tertiary/aromatic N) is 4. The largest absolute Gasteiger partial charge is 0.493 e. The summed E-state index contributed by atoms with van der Waals surface area (Å²) in [4.78, 5) is 24.2. The second-order valence-corrected chi connectivity index (χ2v) is 9.02. The number of methoxy groups -OCH3 is 2. The Balaban J connectivity index is 1.92.